The molecule has 9 nitrogen and oxygen atoms in total. The highest BCUT2D eigenvalue weighted by atomic mass is 19.1. The molecule has 4 heterocycles. The van der Waals surface area contributed by atoms with E-state index in [1.165, 1.54) is 24.8 Å². The molecule has 3 aliphatic rings. The zero-order chi connectivity index (χ0) is 25.1. The van der Waals surface area contributed by atoms with Crippen LogP contribution in [0.2, 0.25) is 0 Å². The molecular weight excluding hydrogens is 453 g/mol. The van der Waals surface area contributed by atoms with Gasteiger partial charge in [0.15, 0.2) is 5.69 Å². The lowest BCUT2D eigenvalue weighted by Gasteiger charge is -2.27. The largest absolute Gasteiger partial charge is 0.381 e. The van der Waals surface area contributed by atoms with Gasteiger partial charge < -0.3 is 25.3 Å². The smallest absolute Gasteiger partial charge is 0.269 e. The Morgan fingerprint density at radius 2 is 2.17 bits per heavy atom. The van der Waals surface area contributed by atoms with Crippen LogP contribution < -0.4 is 5.73 Å². The summed E-state index contributed by atoms with van der Waals surface area (Å²) in [6.07, 6.45) is 2.86. The molecule has 0 radical (unpaired) electrons. The van der Waals surface area contributed by atoms with Crippen LogP contribution in [0.3, 0.4) is 0 Å². The number of aliphatic hydroxyl groups is 2. The van der Waals surface area contributed by atoms with E-state index < -0.39 is 23.4 Å². The quantitative estimate of drug-likeness (QED) is 0.480. The Labute approximate surface area is 200 Å². The number of nitrogens with zero attached hydrogens (tertiary/aromatic N) is 4. The normalized spacial score (nSPS) is 18.1. The number of aromatic nitrogens is 4. The van der Waals surface area contributed by atoms with Crippen LogP contribution in [0.4, 0.5) is 4.39 Å². The fourth-order valence-corrected chi connectivity index (χ4v) is 4.63. The predicted octanol–water partition coefficient (Wildman–Crippen LogP) is 1.69. The van der Waals surface area contributed by atoms with Crippen molar-refractivity contribution in [2.24, 2.45) is 12.8 Å². The second-order valence-corrected chi connectivity index (χ2v) is 8.98. The lowest BCUT2D eigenvalue weighted by Crippen LogP contribution is -2.27. The average molecular weight is 477 g/mol. The van der Waals surface area contributed by atoms with Gasteiger partial charge in [0.05, 0.1) is 29.6 Å². The van der Waals surface area contributed by atoms with Gasteiger partial charge in [-0.2, -0.15) is 5.10 Å². The minimum atomic E-state index is -1.46. The van der Waals surface area contributed by atoms with Gasteiger partial charge in [0.1, 0.15) is 23.3 Å². The second kappa shape index (κ2) is 8.16. The number of aliphatic hydroxyl groups excluding tert-OH is 1. The van der Waals surface area contributed by atoms with Crippen molar-refractivity contribution in [1.82, 2.24) is 19.3 Å². The van der Waals surface area contributed by atoms with Gasteiger partial charge in [0, 0.05) is 25.9 Å². The fourth-order valence-electron chi connectivity index (χ4n) is 4.63. The number of carbonyl (C=O) groups excluding carboxylic acids is 1. The molecule has 3 atom stereocenters. The van der Waals surface area contributed by atoms with Crippen LogP contribution >= 0.6 is 0 Å². The van der Waals surface area contributed by atoms with Crippen molar-refractivity contribution < 1.29 is 24.1 Å². The van der Waals surface area contributed by atoms with Crippen LogP contribution in [-0.2, 0) is 11.8 Å². The maximum absolute atomic E-state index is 15.0. The first-order valence-electron chi connectivity index (χ1n) is 11.0. The van der Waals surface area contributed by atoms with Crippen molar-refractivity contribution >= 4 is 11.5 Å². The van der Waals surface area contributed by atoms with E-state index in [1.54, 1.807) is 29.9 Å². The third-order valence-electron chi connectivity index (χ3n) is 6.32. The molecule has 0 saturated heterocycles. The van der Waals surface area contributed by atoms with E-state index in [-0.39, 0.29) is 29.6 Å². The van der Waals surface area contributed by atoms with Crippen molar-refractivity contribution in [1.29, 1.82) is 0 Å². The third kappa shape index (κ3) is 3.74. The van der Waals surface area contributed by atoms with E-state index in [9.17, 15) is 15.0 Å². The molecule has 2 aromatic heterocycles. The topological polar surface area (TPSA) is 128 Å². The molecule has 1 amide bonds. The minimum Gasteiger partial charge on any atom is -0.381 e. The van der Waals surface area contributed by atoms with Gasteiger partial charge >= 0.3 is 0 Å². The molecule has 3 aromatic rings. The van der Waals surface area contributed by atoms with Crippen molar-refractivity contribution in [3.63, 3.8) is 0 Å². The van der Waals surface area contributed by atoms with Crippen molar-refractivity contribution in [2.45, 2.75) is 31.1 Å². The van der Waals surface area contributed by atoms with Gasteiger partial charge in [-0.05, 0) is 42.7 Å². The first-order valence-corrected chi connectivity index (χ1v) is 11.0. The van der Waals surface area contributed by atoms with Crippen LogP contribution in [0.5, 0.6) is 0 Å². The van der Waals surface area contributed by atoms with Crippen LogP contribution in [0, 0.1) is 17.7 Å². The van der Waals surface area contributed by atoms with Crippen LogP contribution in [-0.4, -0.2) is 54.8 Å². The summed E-state index contributed by atoms with van der Waals surface area (Å²) in [6, 6.07) is 4.40. The molecule has 1 aliphatic carbocycles. The van der Waals surface area contributed by atoms with Crippen LogP contribution in [0.1, 0.15) is 58.5 Å². The number of ether oxygens (including phenoxy) is 1. The summed E-state index contributed by atoms with van der Waals surface area (Å²) in [7, 11) is 3.12. The van der Waals surface area contributed by atoms with Gasteiger partial charge in [0.2, 0.25) is 0 Å². The molecule has 10 heteroatoms. The standard InChI is InChI=1S/C25H24FN5O4/c1-25(34,12-35-3)6-4-13-10-17-16(11-18(13)26)14-8-15(9-14)31-21(20(23(27)33)29-24(17)31)22(32)19-5-7-28-30(19)2/h5,7-8,10-11,15,22,32,34H,9,12H2,1-3H3,(H2,27,33). The highest BCUT2D eigenvalue weighted by Crippen LogP contribution is 2.49. The molecule has 2 bridgehead atoms. The molecule has 2 aliphatic heterocycles. The van der Waals surface area contributed by atoms with Crippen molar-refractivity contribution in [3.8, 4) is 23.2 Å². The molecule has 6 rings (SSSR count). The summed E-state index contributed by atoms with van der Waals surface area (Å²) < 4.78 is 23.3. The van der Waals surface area contributed by atoms with Gasteiger partial charge in [-0.25, -0.2) is 9.37 Å². The number of methoxy groups -OCH3 is 1. The van der Waals surface area contributed by atoms with Crippen molar-refractivity contribution in [3.05, 3.63) is 64.5 Å². The average Bonchev–Trinajstić information content (AvgIpc) is 3.30. The Hall–Kier alpha value is -3.78. The number of hydrogen-bond donors (Lipinski definition) is 3. The number of carbonyl (C=O) groups is 1. The highest BCUT2D eigenvalue weighted by molar-refractivity contribution is 5.94. The highest BCUT2D eigenvalue weighted by Gasteiger charge is 2.38. The number of primary amides is 1. The second-order valence-electron chi connectivity index (χ2n) is 8.98. The molecule has 1 aromatic carbocycles. The number of allylic oxidation sites excluding steroid dienone is 2. The monoisotopic (exact) mass is 477 g/mol. The number of hydrogen-bond acceptors (Lipinski definition) is 6. The molecule has 180 valence electrons. The third-order valence-corrected chi connectivity index (χ3v) is 6.32. The van der Waals surface area contributed by atoms with E-state index in [1.807, 2.05) is 6.08 Å². The molecule has 0 saturated carbocycles. The van der Waals surface area contributed by atoms with Crippen LogP contribution in [0.15, 0.2) is 30.5 Å². The zero-order valence-corrected chi connectivity index (χ0v) is 19.4. The Bertz CT molecular complexity index is 1460. The molecular formula is C25H24FN5O4. The maximum Gasteiger partial charge on any atom is 0.269 e. The summed E-state index contributed by atoms with van der Waals surface area (Å²) in [5.41, 5.74) is 7.04. The summed E-state index contributed by atoms with van der Waals surface area (Å²) in [6.45, 7) is 1.44. The van der Waals surface area contributed by atoms with Crippen LogP contribution in [0.25, 0.3) is 17.0 Å². The first kappa shape index (κ1) is 23.0. The minimum absolute atomic E-state index is 0.0389. The van der Waals surface area contributed by atoms with Gasteiger partial charge in [-0.1, -0.05) is 17.9 Å². The molecule has 3 unspecified atom stereocenters. The zero-order valence-electron chi connectivity index (χ0n) is 19.4. The van der Waals surface area contributed by atoms with E-state index in [2.05, 4.69) is 21.9 Å². The molecule has 0 fully saturated rings. The summed E-state index contributed by atoms with van der Waals surface area (Å²) in [5, 5.41) is 25.7. The number of imidazole rings is 1. The van der Waals surface area contributed by atoms with Gasteiger partial charge in [-0.15, -0.1) is 0 Å². The number of nitrogens with two attached hydrogens (primary N) is 1. The summed E-state index contributed by atoms with van der Waals surface area (Å²) in [5.74, 6) is 4.39. The predicted molar refractivity (Wildman–Crippen MR) is 124 cm³/mol. The molecule has 35 heavy (non-hydrogen) atoms. The Kier molecular flexibility index (Phi) is 5.36. The van der Waals surface area contributed by atoms with Crippen molar-refractivity contribution in [2.75, 3.05) is 13.7 Å². The first-order chi connectivity index (χ1) is 16.6. The number of amides is 1. The SMILES string of the molecule is COCC(C)(O)C#Cc1cc2c(cc1F)C1=CC(C1)n1c-2nc(C(N)=O)c1C(O)c1ccnn1C. The van der Waals surface area contributed by atoms with E-state index in [4.69, 9.17) is 10.5 Å². The van der Waals surface area contributed by atoms with Gasteiger partial charge in [-0.3, -0.25) is 9.48 Å². The lowest BCUT2D eigenvalue weighted by atomic mass is 9.86. The summed E-state index contributed by atoms with van der Waals surface area (Å²) in [4.78, 5) is 16.9. The number of rotatable bonds is 5. The maximum atomic E-state index is 15.0. The molecule has 0 spiro atoms. The Morgan fingerprint density at radius 3 is 2.80 bits per heavy atom. The van der Waals surface area contributed by atoms with Gasteiger partial charge in [0.25, 0.3) is 5.91 Å². The molecule has 4 N–H and O–H groups in total. The number of aryl methyl sites for hydroxylation is 1. The van der Waals surface area contributed by atoms with E-state index >= 15 is 4.39 Å². The fraction of sp³-hybridized carbons (Fsp3) is 0.320. The Balaban J connectivity index is 1.71. The Morgan fingerprint density at radius 1 is 1.43 bits per heavy atom. The summed E-state index contributed by atoms with van der Waals surface area (Å²) >= 11 is 0. The number of halogens is 1. The lowest BCUT2D eigenvalue weighted by molar-refractivity contribution is 0.0274. The van der Waals surface area contributed by atoms with E-state index in [0.717, 1.165) is 5.57 Å². The number of benzene rings is 1. The van der Waals surface area contributed by atoms with E-state index in [0.29, 0.717) is 29.1 Å².